The van der Waals surface area contributed by atoms with Crippen LogP contribution >= 0.6 is 0 Å². The number of nitrogens with zero attached hydrogens (tertiary/aromatic N) is 1. The van der Waals surface area contributed by atoms with Crippen LogP contribution in [0, 0.1) is 0 Å². The van der Waals surface area contributed by atoms with Gasteiger partial charge in [0.2, 0.25) is 0 Å². The predicted molar refractivity (Wildman–Crippen MR) is 94.1 cm³/mol. The molecule has 1 unspecified atom stereocenters. The molecule has 1 aliphatic rings. The van der Waals surface area contributed by atoms with Gasteiger partial charge in [0.1, 0.15) is 6.61 Å². The predicted octanol–water partition coefficient (Wildman–Crippen LogP) is 3.37. The second-order valence-electron chi connectivity index (χ2n) is 6.14. The monoisotopic (exact) mass is 353 g/mol. The van der Waals surface area contributed by atoms with Crippen LogP contribution in [-0.4, -0.2) is 40.4 Å². The van der Waals surface area contributed by atoms with Gasteiger partial charge in [0, 0.05) is 12.1 Å². The number of Topliss-reactive ketones (excluding diaryl/α,β-unsaturated/α-hetero) is 1. The molecule has 1 amide bonds. The van der Waals surface area contributed by atoms with Gasteiger partial charge in [-0.2, -0.15) is 0 Å². The number of ether oxygens (including phenoxy) is 1. The summed E-state index contributed by atoms with van der Waals surface area (Å²) in [6, 6.07) is 14.5. The number of likely N-dealkylation sites (tertiary alicyclic amines) is 1. The maximum atomic E-state index is 12.7. The third-order valence-corrected chi connectivity index (χ3v) is 4.41. The standard InChI is InChI=1S/C20H19NO5/c22-18(15-8-10-16(11-9-15)19(23)24)17-7-4-12-21(17)20(25)26-13-14-5-2-1-3-6-14/h1-3,5-6,8-11,17H,4,7,12-13H2,(H,23,24). The molecule has 1 heterocycles. The number of hydrogen-bond donors (Lipinski definition) is 1. The van der Waals surface area contributed by atoms with Crippen molar-refractivity contribution in [3.63, 3.8) is 0 Å². The van der Waals surface area contributed by atoms with Crippen LogP contribution in [0.15, 0.2) is 54.6 Å². The summed E-state index contributed by atoms with van der Waals surface area (Å²) in [4.78, 5) is 37.5. The van der Waals surface area contributed by atoms with Crippen LogP contribution in [0.3, 0.4) is 0 Å². The lowest BCUT2D eigenvalue weighted by molar-refractivity contribution is 0.0696. The molecule has 1 fully saturated rings. The van der Waals surface area contributed by atoms with Gasteiger partial charge >= 0.3 is 12.1 Å². The van der Waals surface area contributed by atoms with Crippen molar-refractivity contribution in [2.24, 2.45) is 0 Å². The smallest absolute Gasteiger partial charge is 0.410 e. The van der Waals surface area contributed by atoms with E-state index in [-0.39, 0.29) is 18.0 Å². The molecule has 0 radical (unpaired) electrons. The van der Waals surface area contributed by atoms with Gasteiger partial charge < -0.3 is 9.84 Å². The summed E-state index contributed by atoms with van der Waals surface area (Å²) in [5.41, 5.74) is 1.39. The van der Waals surface area contributed by atoms with Crippen LogP contribution in [0.25, 0.3) is 0 Å². The molecule has 1 aliphatic heterocycles. The molecular weight excluding hydrogens is 334 g/mol. The molecule has 1 N–H and O–H groups in total. The number of ketones is 1. The highest BCUT2D eigenvalue weighted by Crippen LogP contribution is 2.23. The van der Waals surface area contributed by atoms with E-state index >= 15 is 0 Å². The summed E-state index contributed by atoms with van der Waals surface area (Å²) in [5.74, 6) is -1.24. The van der Waals surface area contributed by atoms with Crippen LogP contribution in [0.1, 0.15) is 39.1 Å². The first-order valence-corrected chi connectivity index (χ1v) is 8.41. The number of hydrogen-bond acceptors (Lipinski definition) is 4. The Morgan fingerprint density at radius 2 is 1.65 bits per heavy atom. The first-order valence-electron chi connectivity index (χ1n) is 8.41. The maximum absolute atomic E-state index is 12.7. The van der Waals surface area contributed by atoms with Gasteiger partial charge in [0.15, 0.2) is 5.78 Å². The molecule has 0 spiro atoms. The van der Waals surface area contributed by atoms with E-state index in [4.69, 9.17) is 9.84 Å². The molecule has 0 saturated carbocycles. The van der Waals surface area contributed by atoms with E-state index in [1.54, 1.807) is 0 Å². The van der Waals surface area contributed by atoms with Crippen LogP contribution in [-0.2, 0) is 11.3 Å². The summed E-state index contributed by atoms with van der Waals surface area (Å²) < 4.78 is 5.34. The zero-order valence-electron chi connectivity index (χ0n) is 14.1. The first kappa shape index (κ1) is 17.7. The minimum absolute atomic E-state index is 0.118. The molecule has 0 bridgehead atoms. The van der Waals surface area contributed by atoms with E-state index in [1.807, 2.05) is 30.3 Å². The molecule has 26 heavy (non-hydrogen) atoms. The van der Waals surface area contributed by atoms with Crippen LogP contribution < -0.4 is 0 Å². The average Bonchev–Trinajstić information content (AvgIpc) is 3.16. The zero-order chi connectivity index (χ0) is 18.5. The largest absolute Gasteiger partial charge is 0.478 e. The summed E-state index contributed by atoms with van der Waals surface area (Å²) in [6.45, 7) is 0.627. The van der Waals surface area contributed by atoms with Gasteiger partial charge in [0.25, 0.3) is 0 Å². The van der Waals surface area contributed by atoms with Crippen molar-refractivity contribution in [2.45, 2.75) is 25.5 Å². The van der Waals surface area contributed by atoms with Gasteiger partial charge in [-0.3, -0.25) is 9.69 Å². The van der Waals surface area contributed by atoms with Crippen molar-refractivity contribution < 1.29 is 24.2 Å². The Labute approximate surface area is 151 Å². The highest BCUT2D eigenvalue weighted by molar-refractivity contribution is 6.02. The Bertz CT molecular complexity index is 801. The van der Waals surface area contributed by atoms with Crippen molar-refractivity contribution in [1.82, 2.24) is 4.90 Å². The van der Waals surface area contributed by atoms with Gasteiger partial charge in [-0.25, -0.2) is 9.59 Å². The minimum Gasteiger partial charge on any atom is -0.478 e. The number of aromatic carboxylic acids is 1. The second kappa shape index (κ2) is 7.82. The normalized spacial score (nSPS) is 16.3. The minimum atomic E-state index is -1.05. The van der Waals surface area contributed by atoms with Crippen molar-refractivity contribution in [3.05, 3.63) is 71.3 Å². The second-order valence-corrected chi connectivity index (χ2v) is 6.14. The molecule has 0 aliphatic carbocycles. The van der Waals surface area contributed by atoms with E-state index in [0.717, 1.165) is 12.0 Å². The molecule has 2 aromatic carbocycles. The number of benzene rings is 2. The lowest BCUT2D eigenvalue weighted by Gasteiger charge is -2.23. The summed E-state index contributed by atoms with van der Waals surface area (Å²) in [5, 5.41) is 8.94. The number of carboxylic acids is 1. The molecule has 0 aromatic heterocycles. The Morgan fingerprint density at radius 3 is 2.31 bits per heavy atom. The van der Waals surface area contributed by atoms with E-state index < -0.39 is 18.1 Å². The van der Waals surface area contributed by atoms with E-state index in [2.05, 4.69) is 0 Å². The highest BCUT2D eigenvalue weighted by Gasteiger charge is 2.35. The summed E-state index contributed by atoms with van der Waals surface area (Å²) >= 11 is 0. The Morgan fingerprint density at radius 1 is 1.00 bits per heavy atom. The van der Waals surface area contributed by atoms with E-state index in [0.29, 0.717) is 18.5 Å². The summed E-state index contributed by atoms with van der Waals surface area (Å²) in [7, 11) is 0. The Hall–Kier alpha value is -3.15. The fourth-order valence-corrected chi connectivity index (χ4v) is 3.03. The molecule has 6 nitrogen and oxygen atoms in total. The van der Waals surface area contributed by atoms with Crippen molar-refractivity contribution in [3.8, 4) is 0 Å². The average molecular weight is 353 g/mol. The number of amides is 1. The molecule has 134 valence electrons. The summed E-state index contributed by atoms with van der Waals surface area (Å²) in [6.07, 6.45) is 0.788. The number of carbonyl (C=O) groups is 3. The van der Waals surface area contributed by atoms with E-state index in [9.17, 15) is 14.4 Å². The molecular formula is C20H19NO5. The van der Waals surface area contributed by atoms with Crippen molar-refractivity contribution in [1.29, 1.82) is 0 Å². The van der Waals surface area contributed by atoms with Gasteiger partial charge in [0.05, 0.1) is 11.6 Å². The molecule has 2 aromatic rings. The third-order valence-electron chi connectivity index (χ3n) is 4.41. The van der Waals surface area contributed by atoms with Gasteiger partial charge in [-0.15, -0.1) is 0 Å². The SMILES string of the molecule is O=C(O)c1ccc(C(=O)C2CCCN2C(=O)OCc2ccccc2)cc1. The lowest BCUT2D eigenvalue weighted by atomic mass is 10.0. The molecule has 3 rings (SSSR count). The topological polar surface area (TPSA) is 83.9 Å². The van der Waals surface area contributed by atoms with Gasteiger partial charge in [-0.05, 0) is 30.5 Å². The molecule has 1 saturated heterocycles. The van der Waals surface area contributed by atoms with Gasteiger partial charge in [-0.1, -0.05) is 42.5 Å². The van der Waals surface area contributed by atoms with E-state index in [1.165, 1.54) is 29.2 Å². The fourth-order valence-electron chi connectivity index (χ4n) is 3.03. The Balaban J connectivity index is 1.65. The maximum Gasteiger partial charge on any atom is 0.410 e. The number of carboxylic acid groups (broad SMARTS) is 1. The van der Waals surface area contributed by atoms with Crippen molar-refractivity contribution >= 4 is 17.8 Å². The lowest BCUT2D eigenvalue weighted by Crippen LogP contribution is -2.40. The third kappa shape index (κ3) is 3.91. The van der Waals surface area contributed by atoms with Crippen LogP contribution in [0.2, 0.25) is 0 Å². The number of carbonyl (C=O) groups excluding carboxylic acids is 2. The fraction of sp³-hybridized carbons (Fsp3) is 0.250. The van der Waals surface area contributed by atoms with Crippen LogP contribution in [0.5, 0.6) is 0 Å². The Kier molecular flexibility index (Phi) is 5.31. The highest BCUT2D eigenvalue weighted by atomic mass is 16.6. The quantitative estimate of drug-likeness (QED) is 0.833. The van der Waals surface area contributed by atoms with Crippen LogP contribution in [0.4, 0.5) is 4.79 Å². The molecule has 6 heteroatoms. The zero-order valence-corrected chi connectivity index (χ0v) is 14.1. The first-order chi connectivity index (χ1) is 12.6. The molecule has 1 atom stereocenters. The number of rotatable bonds is 5. The van der Waals surface area contributed by atoms with Crippen molar-refractivity contribution in [2.75, 3.05) is 6.54 Å².